The number of hydrogen-bond acceptors (Lipinski definition) is 2. The monoisotopic (exact) mass is 158 g/mol. The van der Waals surface area contributed by atoms with E-state index < -0.39 is 5.60 Å². The van der Waals surface area contributed by atoms with Gasteiger partial charge in [-0.1, -0.05) is 11.6 Å². The van der Waals surface area contributed by atoms with Gasteiger partial charge in [-0.3, -0.25) is 0 Å². The van der Waals surface area contributed by atoms with Crippen molar-refractivity contribution in [2.75, 3.05) is 6.61 Å². The Bertz CT molecular complexity index is 131. The molecule has 2 N–H and O–H groups in total. The van der Waals surface area contributed by atoms with Crippen LogP contribution in [0.25, 0.3) is 0 Å². The summed E-state index contributed by atoms with van der Waals surface area (Å²) in [6, 6.07) is 0. The zero-order valence-corrected chi connectivity index (χ0v) is 7.59. The van der Waals surface area contributed by atoms with Gasteiger partial charge in [0, 0.05) is 0 Å². The Morgan fingerprint density at radius 2 is 2.00 bits per heavy atom. The van der Waals surface area contributed by atoms with Crippen LogP contribution in [-0.4, -0.2) is 22.4 Å². The second kappa shape index (κ2) is 4.52. The van der Waals surface area contributed by atoms with Crippen LogP contribution in [0.1, 0.15) is 33.6 Å². The van der Waals surface area contributed by atoms with Crippen molar-refractivity contribution in [1.82, 2.24) is 0 Å². The highest BCUT2D eigenvalue weighted by Crippen LogP contribution is 2.11. The van der Waals surface area contributed by atoms with Crippen molar-refractivity contribution >= 4 is 0 Å². The molecule has 0 saturated carbocycles. The first-order valence-corrected chi connectivity index (χ1v) is 3.94. The summed E-state index contributed by atoms with van der Waals surface area (Å²) in [7, 11) is 0. The zero-order chi connectivity index (χ0) is 8.91. The second-order valence-electron chi connectivity index (χ2n) is 3.56. The third-order valence-electron chi connectivity index (χ3n) is 1.50. The Morgan fingerprint density at radius 1 is 1.45 bits per heavy atom. The fourth-order valence-electron chi connectivity index (χ4n) is 0.736. The van der Waals surface area contributed by atoms with Crippen molar-refractivity contribution in [3.8, 4) is 0 Å². The van der Waals surface area contributed by atoms with Gasteiger partial charge in [0.05, 0.1) is 12.2 Å². The van der Waals surface area contributed by atoms with E-state index in [9.17, 15) is 5.11 Å². The first-order chi connectivity index (χ1) is 4.95. The molecule has 11 heavy (non-hydrogen) atoms. The third kappa shape index (κ3) is 7.56. The van der Waals surface area contributed by atoms with Gasteiger partial charge in [-0.05, 0) is 33.6 Å². The maximum atomic E-state index is 9.31. The molecule has 0 aliphatic rings. The molecule has 0 saturated heterocycles. The van der Waals surface area contributed by atoms with Crippen LogP contribution in [0.5, 0.6) is 0 Å². The first-order valence-electron chi connectivity index (χ1n) is 3.94. The molecule has 0 spiro atoms. The molecule has 0 unspecified atom stereocenters. The molecular weight excluding hydrogens is 140 g/mol. The fourth-order valence-corrected chi connectivity index (χ4v) is 0.736. The molecule has 0 amide bonds. The van der Waals surface area contributed by atoms with Crippen LogP contribution in [0.4, 0.5) is 0 Å². The largest absolute Gasteiger partial charge is 0.392 e. The van der Waals surface area contributed by atoms with Crippen LogP contribution in [0.15, 0.2) is 11.6 Å². The average molecular weight is 158 g/mol. The summed E-state index contributed by atoms with van der Waals surface area (Å²) in [6.07, 6.45) is 3.53. The van der Waals surface area contributed by atoms with E-state index in [0.29, 0.717) is 0 Å². The molecule has 0 aromatic heterocycles. The number of aliphatic hydroxyl groups excluding tert-OH is 1. The molecule has 0 heterocycles. The van der Waals surface area contributed by atoms with Crippen LogP contribution in [0.3, 0.4) is 0 Å². The Labute approximate surface area is 68.6 Å². The summed E-state index contributed by atoms with van der Waals surface area (Å²) in [4.78, 5) is 0. The molecule has 0 aromatic carbocycles. The molecule has 0 aliphatic heterocycles. The maximum Gasteiger partial charge on any atom is 0.0639 e. The maximum absolute atomic E-state index is 9.31. The van der Waals surface area contributed by atoms with E-state index in [1.165, 1.54) is 0 Å². The van der Waals surface area contributed by atoms with Crippen molar-refractivity contribution in [3.63, 3.8) is 0 Å². The summed E-state index contributed by atoms with van der Waals surface area (Å²) >= 11 is 0. The zero-order valence-electron chi connectivity index (χ0n) is 7.59. The normalized spacial score (nSPS) is 13.7. The highest BCUT2D eigenvalue weighted by Gasteiger charge is 2.09. The van der Waals surface area contributed by atoms with Crippen molar-refractivity contribution in [3.05, 3.63) is 11.6 Å². The summed E-state index contributed by atoms with van der Waals surface area (Å²) in [5, 5.41) is 17.9. The lowest BCUT2D eigenvalue weighted by molar-refractivity contribution is 0.0720. The van der Waals surface area contributed by atoms with E-state index >= 15 is 0 Å². The van der Waals surface area contributed by atoms with Gasteiger partial charge in [-0.25, -0.2) is 0 Å². The van der Waals surface area contributed by atoms with Gasteiger partial charge in [-0.2, -0.15) is 0 Å². The summed E-state index contributed by atoms with van der Waals surface area (Å²) in [5.41, 5.74) is 0.376. The van der Waals surface area contributed by atoms with Crippen LogP contribution >= 0.6 is 0 Å². The van der Waals surface area contributed by atoms with Crippen molar-refractivity contribution < 1.29 is 10.2 Å². The summed E-state index contributed by atoms with van der Waals surface area (Å²) in [6.45, 7) is 5.57. The minimum Gasteiger partial charge on any atom is -0.392 e. The van der Waals surface area contributed by atoms with E-state index in [2.05, 4.69) is 0 Å². The van der Waals surface area contributed by atoms with Gasteiger partial charge in [0.15, 0.2) is 0 Å². The van der Waals surface area contributed by atoms with Gasteiger partial charge < -0.3 is 10.2 Å². The van der Waals surface area contributed by atoms with E-state index in [1.807, 2.05) is 13.0 Å². The van der Waals surface area contributed by atoms with Crippen LogP contribution in [0, 0.1) is 0 Å². The topological polar surface area (TPSA) is 40.5 Å². The van der Waals surface area contributed by atoms with Gasteiger partial charge >= 0.3 is 0 Å². The standard InChI is InChI=1S/C9H18O2/c1-8(7-10)5-4-6-9(2,3)11/h5,10-11H,4,6-7H2,1-3H3/b8-5-. The van der Waals surface area contributed by atoms with Crippen molar-refractivity contribution in [2.45, 2.75) is 39.2 Å². The summed E-state index contributed by atoms with van der Waals surface area (Å²) in [5.74, 6) is 0. The van der Waals surface area contributed by atoms with Crippen LogP contribution in [0.2, 0.25) is 0 Å². The lowest BCUT2D eigenvalue weighted by atomic mass is 10.0. The lowest BCUT2D eigenvalue weighted by Crippen LogP contribution is -2.17. The van der Waals surface area contributed by atoms with Gasteiger partial charge in [0.2, 0.25) is 0 Å². The molecule has 0 fully saturated rings. The SMILES string of the molecule is C/C(=C/CCC(C)(C)O)CO. The number of rotatable bonds is 4. The Morgan fingerprint density at radius 3 is 2.36 bits per heavy atom. The highest BCUT2D eigenvalue weighted by atomic mass is 16.3. The van der Waals surface area contributed by atoms with E-state index in [-0.39, 0.29) is 6.61 Å². The minimum atomic E-state index is -0.591. The van der Waals surface area contributed by atoms with Gasteiger partial charge in [-0.15, -0.1) is 0 Å². The summed E-state index contributed by atoms with van der Waals surface area (Å²) < 4.78 is 0. The van der Waals surface area contributed by atoms with E-state index in [0.717, 1.165) is 18.4 Å². The quantitative estimate of drug-likeness (QED) is 0.608. The molecule has 0 radical (unpaired) electrons. The van der Waals surface area contributed by atoms with Crippen LogP contribution < -0.4 is 0 Å². The van der Waals surface area contributed by atoms with E-state index in [4.69, 9.17) is 5.11 Å². The molecule has 2 heteroatoms. The first kappa shape index (κ1) is 10.7. The van der Waals surface area contributed by atoms with Gasteiger partial charge in [0.1, 0.15) is 0 Å². The Balaban J connectivity index is 3.57. The third-order valence-corrected chi connectivity index (χ3v) is 1.50. The highest BCUT2D eigenvalue weighted by molar-refractivity contribution is 4.97. The average Bonchev–Trinajstić information content (AvgIpc) is 1.85. The molecule has 0 aliphatic carbocycles. The molecular formula is C9H18O2. The predicted molar refractivity (Wildman–Crippen MR) is 46.4 cm³/mol. The number of allylic oxidation sites excluding steroid dienone is 1. The molecule has 66 valence electrons. The molecule has 0 rings (SSSR count). The number of aliphatic hydroxyl groups is 2. The Hall–Kier alpha value is -0.340. The van der Waals surface area contributed by atoms with Crippen molar-refractivity contribution in [2.24, 2.45) is 0 Å². The van der Waals surface area contributed by atoms with Gasteiger partial charge in [0.25, 0.3) is 0 Å². The molecule has 0 aromatic rings. The smallest absolute Gasteiger partial charge is 0.0639 e. The fraction of sp³-hybridized carbons (Fsp3) is 0.778. The van der Waals surface area contributed by atoms with Crippen molar-refractivity contribution in [1.29, 1.82) is 0 Å². The second-order valence-corrected chi connectivity index (χ2v) is 3.56. The molecule has 0 bridgehead atoms. The van der Waals surface area contributed by atoms with E-state index in [1.54, 1.807) is 13.8 Å². The molecule has 0 atom stereocenters. The molecule has 2 nitrogen and oxygen atoms in total. The number of hydrogen-bond donors (Lipinski definition) is 2. The lowest BCUT2D eigenvalue weighted by Gasteiger charge is -2.15. The predicted octanol–water partition coefficient (Wildman–Crippen LogP) is 1.48. The van der Waals surface area contributed by atoms with Crippen LogP contribution in [-0.2, 0) is 0 Å². The minimum absolute atomic E-state index is 0.117. The Kier molecular flexibility index (Phi) is 4.38.